The van der Waals surface area contributed by atoms with Crippen molar-refractivity contribution >= 4 is 23.3 Å². The van der Waals surface area contributed by atoms with Gasteiger partial charge in [0.2, 0.25) is 11.8 Å². The van der Waals surface area contributed by atoms with Crippen molar-refractivity contribution in [2.45, 2.75) is 50.6 Å². The number of nitrogens with zero attached hydrogens (tertiary/aromatic N) is 4. The first-order valence-corrected chi connectivity index (χ1v) is 12.1. The quantitative estimate of drug-likeness (QED) is 0.659. The van der Waals surface area contributed by atoms with Crippen LogP contribution in [0.15, 0.2) is 42.6 Å². The molecule has 0 spiro atoms. The van der Waals surface area contributed by atoms with E-state index in [0.717, 1.165) is 37.2 Å². The van der Waals surface area contributed by atoms with Gasteiger partial charge in [-0.15, -0.1) is 5.10 Å². The van der Waals surface area contributed by atoms with Gasteiger partial charge in [0.15, 0.2) is 5.82 Å². The van der Waals surface area contributed by atoms with Crippen molar-refractivity contribution in [2.24, 2.45) is 5.92 Å². The van der Waals surface area contributed by atoms with Crippen LogP contribution in [0.2, 0.25) is 0 Å². The number of hydrogen-bond acceptors (Lipinski definition) is 5. The third-order valence-corrected chi connectivity index (χ3v) is 6.79. The van der Waals surface area contributed by atoms with Crippen LogP contribution in [0.4, 0.5) is 24.7 Å². The van der Waals surface area contributed by atoms with E-state index in [9.17, 15) is 22.8 Å². The van der Waals surface area contributed by atoms with Gasteiger partial charge in [-0.3, -0.25) is 14.5 Å². The number of aromatic nitrogens is 2. The molecule has 0 saturated carbocycles. The van der Waals surface area contributed by atoms with Gasteiger partial charge in [-0.1, -0.05) is 12.1 Å². The second-order valence-corrected chi connectivity index (χ2v) is 9.14. The predicted octanol–water partition coefficient (Wildman–Crippen LogP) is 4.19. The van der Waals surface area contributed by atoms with Crippen molar-refractivity contribution in [3.63, 3.8) is 0 Å². The van der Waals surface area contributed by atoms with Gasteiger partial charge < -0.3 is 10.2 Å². The average Bonchev–Trinajstić information content (AvgIpc) is 2.88. The fourth-order valence-corrected chi connectivity index (χ4v) is 4.80. The Labute approximate surface area is 202 Å². The molecule has 0 atom stereocenters. The number of alkyl halides is 3. The van der Waals surface area contributed by atoms with Crippen LogP contribution in [0.1, 0.15) is 50.0 Å². The number of nitrogens with one attached hydrogen (secondary N) is 1. The molecule has 0 radical (unpaired) electrons. The summed E-state index contributed by atoms with van der Waals surface area (Å²) in [5.41, 5.74) is 1.81. The molecule has 4 rings (SSSR count). The molecule has 7 nitrogen and oxygen atoms in total. The van der Waals surface area contributed by atoms with Crippen molar-refractivity contribution in [3.8, 4) is 0 Å². The number of carbonyl (C=O) groups excluding carboxylic acids is 2. The van der Waals surface area contributed by atoms with Crippen LogP contribution in [0, 0.1) is 5.92 Å². The summed E-state index contributed by atoms with van der Waals surface area (Å²) in [4.78, 5) is 28.7. The first-order chi connectivity index (χ1) is 16.8. The molecule has 2 saturated heterocycles. The Morgan fingerprint density at radius 3 is 2.31 bits per heavy atom. The Morgan fingerprint density at radius 1 is 1.03 bits per heavy atom. The molecule has 0 unspecified atom stereocenters. The standard InChI is InChI=1S/C25H30F3N5O2/c26-25(27,28)12-7-23(34)32-16-10-19(11-17-32)18-3-5-21(6-4-18)33(22-2-1-13-30-31-22)24(35)20-8-14-29-15-9-20/h1-6,13,19-20,29H,7-12,14-17H2. The van der Waals surface area contributed by atoms with Crippen LogP contribution in [0.3, 0.4) is 0 Å². The SMILES string of the molecule is O=C(CCC(F)(F)F)N1CCC(c2ccc(N(C(=O)C3CCNCC3)c3cccnn3)cc2)CC1. The normalized spacial score (nSPS) is 17.9. The molecule has 2 aliphatic rings. The highest BCUT2D eigenvalue weighted by Gasteiger charge is 2.31. The lowest BCUT2D eigenvalue weighted by Gasteiger charge is -2.33. The monoisotopic (exact) mass is 489 g/mol. The van der Waals surface area contributed by atoms with Crippen molar-refractivity contribution in [1.82, 2.24) is 20.4 Å². The second kappa shape index (κ2) is 11.2. The number of amides is 2. The maximum atomic E-state index is 13.4. The lowest BCUT2D eigenvalue weighted by molar-refractivity contribution is -0.149. The van der Waals surface area contributed by atoms with Gasteiger partial charge in [0.1, 0.15) is 0 Å². The van der Waals surface area contributed by atoms with Crippen LogP contribution in [-0.2, 0) is 9.59 Å². The van der Waals surface area contributed by atoms with Gasteiger partial charge in [0.05, 0.1) is 12.1 Å². The van der Waals surface area contributed by atoms with E-state index in [1.807, 2.05) is 24.3 Å². The number of carbonyl (C=O) groups is 2. The summed E-state index contributed by atoms with van der Waals surface area (Å²) >= 11 is 0. The number of hydrogen-bond donors (Lipinski definition) is 1. The number of rotatable bonds is 6. The maximum Gasteiger partial charge on any atom is 0.389 e. The molecule has 1 aromatic carbocycles. The fourth-order valence-electron chi connectivity index (χ4n) is 4.80. The summed E-state index contributed by atoms with van der Waals surface area (Å²) in [6, 6.07) is 11.3. The third-order valence-electron chi connectivity index (χ3n) is 6.79. The third kappa shape index (κ3) is 6.56. The van der Waals surface area contributed by atoms with Crippen molar-refractivity contribution < 1.29 is 22.8 Å². The molecular formula is C25H30F3N5O2. The van der Waals surface area contributed by atoms with Gasteiger partial charge in [-0.25, -0.2) is 0 Å². The minimum atomic E-state index is -4.32. The minimum absolute atomic E-state index is 0.00503. The Balaban J connectivity index is 1.42. The van der Waals surface area contributed by atoms with E-state index in [2.05, 4.69) is 15.5 Å². The fraction of sp³-hybridized carbons (Fsp3) is 0.520. The van der Waals surface area contributed by atoms with Crippen LogP contribution in [0.25, 0.3) is 0 Å². The summed E-state index contributed by atoms with van der Waals surface area (Å²) in [6.45, 7) is 2.51. The van der Waals surface area contributed by atoms with E-state index in [4.69, 9.17) is 0 Å². The molecule has 0 aliphatic carbocycles. The Morgan fingerprint density at radius 2 is 1.71 bits per heavy atom. The maximum absolute atomic E-state index is 13.4. The molecular weight excluding hydrogens is 459 g/mol. The summed E-state index contributed by atoms with van der Waals surface area (Å²) in [7, 11) is 0. The van der Waals surface area contributed by atoms with E-state index in [1.165, 1.54) is 4.90 Å². The van der Waals surface area contributed by atoms with Crippen LogP contribution in [0.5, 0.6) is 0 Å². The topological polar surface area (TPSA) is 78.4 Å². The molecule has 2 aliphatic heterocycles. The van der Waals surface area contributed by atoms with Crippen LogP contribution < -0.4 is 10.2 Å². The average molecular weight is 490 g/mol. The van der Waals surface area contributed by atoms with E-state index < -0.39 is 24.9 Å². The van der Waals surface area contributed by atoms with Crippen LogP contribution in [-0.4, -0.2) is 59.3 Å². The van der Waals surface area contributed by atoms with E-state index in [-0.39, 0.29) is 17.7 Å². The summed E-state index contributed by atoms with van der Waals surface area (Å²) in [5, 5.41) is 11.4. The molecule has 35 heavy (non-hydrogen) atoms. The highest BCUT2D eigenvalue weighted by molar-refractivity contribution is 6.01. The van der Waals surface area contributed by atoms with Crippen molar-refractivity contribution in [1.29, 1.82) is 0 Å². The molecule has 10 heteroatoms. The molecule has 2 fully saturated rings. The van der Waals surface area contributed by atoms with Gasteiger partial charge in [-0.2, -0.15) is 18.3 Å². The first-order valence-electron chi connectivity index (χ1n) is 12.1. The summed E-state index contributed by atoms with van der Waals surface area (Å²) in [6.07, 6.45) is -1.39. The summed E-state index contributed by atoms with van der Waals surface area (Å²) < 4.78 is 37.2. The zero-order valence-corrected chi connectivity index (χ0v) is 19.5. The number of likely N-dealkylation sites (tertiary alicyclic amines) is 1. The highest BCUT2D eigenvalue weighted by atomic mass is 19.4. The van der Waals surface area contributed by atoms with Gasteiger partial charge in [0, 0.05) is 31.6 Å². The van der Waals surface area contributed by atoms with Gasteiger partial charge in [-0.05, 0) is 74.5 Å². The van der Waals surface area contributed by atoms with Crippen molar-refractivity contribution in [2.75, 3.05) is 31.1 Å². The number of benzene rings is 1. The first kappa shape index (κ1) is 25.1. The largest absolute Gasteiger partial charge is 0.389 e. The highest BCUT2D eigenvalue weighted by Crippen LogP contribution is 2.33. The zero-order valence-electron chi connectivity index (χ0n) is 19.5. The van der Waals surface area contributed by atoms with Gasteiger partial charge in [0.25, 0.3) is 0 Å². The molecule has 188 valence electrons. The van der Waals surface area contributed by atoms with E-state index in [1.54, 1.807) is 23.2 Å². The lowest BCUT2D eigenvalue weighted by Crippen LogP contribution is -2.39. The molecule has 2 amide bonds. The molecule has 1 N–H and O–H groups in total. The smallest absolute Gasteiger partial charge is 0.343 e. The Bertz CT molecular complexity index is 986. The lowest BCUT2D eigenvalue weighted by atomic mass is 9.89. The number of halogens is 3. The minimum Gasteiger partial charge on any atom is -0.343 e. The molecule has 0 bridgehead atoms. The number of anilines is 2. The second-order valence-electron chi connectivity index (χ2n) is 9.14. The Kier molecular flexibility index (Phi) is 8.00. The van der Waals surface area contributed by atoms with Crippen molar-refractivity contribution in [3.05, 3.63) is 48.2 Å². The van der Waals surface area contributed by atoms with Crippen LogP contribution >= 0.6 is 0 Å². The Hall–Kier alpha value is -3.01. The predicted molar refractivity (Wildman–Crippen MR) is 125 cm³/mol. The number of piperidine rings is 2. The summed E-state index contributed by atoms with van der Waals surface area (Å²) in [5.74, 6) is 0.171. The van der Waals surface area contributed by atoms with E-state index >= 15 is 0 Å². The molecule has 1 aromatic heterocycles. The van der Waals surface area contributed by atoms with E-state index in [0.29, 0.717) is 31.7 Å². The van der Waals surface area contributed by atoms with Gasteiger partial charge >= 0.3 is 6.18 Å². The molecule has 3 heterocycles. The zero-order chi connectivity index (χ0) is 24.8. The molecule has 2 aromatic rings.